The fraction of sp³-hybridized carbons (Fsp3) is 0.0909. The highest BCUT2D eigenvalue weighted by Crippen LogP contribution is 2.37. The molecule has 4 aromatic rings. The van der Waals surface area contributed by atoms with Crippen molar-refractivity contribution in [3.63, 3.8) is 0 Å². The number of rotatable bonds is 5. The van der Waals surface area contributed by atoms with Gasteiger partial charge in [-0.2, -0.15) is 0 Å². The maximum absolute atomic E-state index is 12.5. The summed E-state index contributed by atoms with van der Waals surface area (Å²) in [6, 6.07) is 11.0. The number of nitrogens with zero attached hydrogens (tertiary/aromatic N) is 4. The van der Waals surface area contributed by atoms with Gasteiger partial charge >= 0.3 is 12.7 Å². The zero-order valence-corrected chi connectivity index (χ0v) is 17.8. The molecule has 0 amide bonds. The number of anilines is 2. The molecule has 2 heterocycles. The molecule has 0 radical (unpaired) electrons. The molecule has 0 aliphatic rings. The van der Waals surface area contributed by atoms with Gasteiger partial charge in [0.2, 0.25) is 0 Å². The molecule has 14 heteroatoms. The van der Waals surface area contributed by atoms with Gasteiger partial charge in [0, 0.05) is 11.6 Å². The van der Waals surface area contributed by atoms with Gasteiger partial charge in [-0.15, -0.1) is 26.3 Å². The standard InChI is InChI=1S/C22H14F6N6O2/c23-21(24,25)35-13-5-1-11(2-6-13)17-18(15-9-16(29)32-10-31-15)33-20(34-19(17)30)12-3-7-14(8-4-12)36-22(26,27)28/h1-10H,(H2,29,31,32)(H2,30,33,34). The summed E-state index contributed by atoms with van der Waals surface area (Å²) in [6.45, 7) is 0. The van der Waals surface area contributed by atoms with Crippen molar-refractivity contribution in [3.05, 3.63) is 60.9 Å². The molecule has 186 valence electrons. The van der Waals surface area contributed by atoms with Crippen LogP contribution in [0.5, 0.6) is 11.5 Å². The minimum Gasteiger partial charge on any atom is -0.406 e. The van der Waals surface area contributed by atoms with Crippen LogP contribution in [0, 0.1) is 0 Å². The Morgan fingerprint density at radius 1 is 0.667 bits per heavy atom. The van der Waals surface area contributed by atoms with Crippen LogP contribution in [0.4, 0.5) is 38.0 Å². The van der Waals surface area contributed by atoms with Crippen molar-refractivity contribution in [2.75, 3.05) is 11.5 Å². The zero-order chi connectivity index (χ0) is 26.1. The molecule has 0 saturated heterocycles. The molecule has 0 fully saturated rings. The third kappa shape index (κ3) is 5.89. The molecule has 2 aromatic heterocycles. The quantitative estimate of drug-likeness (QED) is 0.352. The van der Waals surface area contributed by atoms with E-state index in [4.69, 9.17) is 11.5 Å². The second kappa shape index (κ2) is 9.20. The summed E-state index contributed by atoms with van der Waals surface area (Å²) in [6.07, 6.45) is -8.55. The molecule has 4 rings (SSSR count). The van der Waals surface area contributed by atoms with E-state index in [-0.39, 0.29) is 34.4 Å². The maximum atomic E-state index is 12.5. The van der Waals surface area contributed by atoms with Crippen molar-refractivity contribution in [3.8, 4) is 45.4 Å². The van der Waals surface area contributed by atoms with Gasteiger partial charge in [0.1, 0.15) is 35.2 Å². The second-order valence-corrected chi connectivity index (χ2v) is 7.13. The minimum absolute atomic E-state index is 0.0408. The molecule has 0 atom stereocenters. The van der Waals surface area contributed by atoms with Crippen LogP contribution in [0.1, 0.15) is 0 Å². The number of nitrogens with two attached hydrogens (primary N) is 2. The summed E-state index contributed by atoms with van der Waals surface area (Å²) in [5.41, 5.74) is 13.2. The van der Waals surface area contributed by atoms with Gasteiger partial charge in [0.05, 0.1) is 11.3 Å². The van der Waals surface area contributed by atoms with Crippen LogP contribution in [-0.4, -0.2) is 32.7 Å². The number of aromatic nitrogens is 4. The van der Waals surface area contributed by atoms with Crippen LogP contribution in [0.15, 0.2) is 60.9 Å². The monoisotopic (exact) mass is 508 g/mol. The van der Waals surface area contributed by atoms with E-state index in [1.165, 1.54) is 36.7 Å². The Labute approximate surface area is 198 Å². The molecule has 0 spiro atoms. The number of ether oxygens (including phenoxy) is 2. The van der Waals surface area contributed by atoms with Gasteiger partial charge in [-0.05, 0) is 42.0 Å². The van der Waals surface area contributed by atoms with Gasteiger partial charge in [-0.3, -0.25) is 0 Å². The van der Waals surface area contributed by atoms with E-state index in [9.17, 15) is 26.3 Å². The number of nitrogen functional groups attached to an aromatic ring is 2. The highest BCUT2D eigenvalue weighted by atomic mass is 19.4. The SMILES string of the molecule is Nc1cc(-c2nc(-c3ccc(OC(F)(F)F)cc3)nc(N)c2-c2ccc(OC(F)(F)F)cc2)ncn1. The average molecular weight is 508 g/mol. The van der Waals surface area contributed by atoms with Crippen molar-refractivity contribution in [2.24, 2.45) is 0 Å². The number of hydrogen-bond acceptors (Lipinski definition) is 8. The Kier molecular flexibility index (Phi) is 6.26. The molecule has 0 bridgehead atoms. The molecular formula is C22H14F6N6O2. The van der Waals surface area contributed by atoms with Crippen molar-refractivity contribution in [2.45, 2.75) is 12.7 Å². The summed E-state index contributed by atoms with van der Waals surface area (Å²) in [5, 5.41) is 0. The molecule has 0 saturated carbocycles. The Hall–Kier alpha value is -4.62. The fourth-order valence-electron chi connectivity index (χ4n) is 3.21. The Morgan fingerprint density at radius 2 is 1.19 bits per heavy atom. The molecule has 2 aromatic carbocycles. The first-order chi connectivity index (χ1) is 16.9. The van der Waals surface area contributed by atoms with Crippen LogP contribution in [0.25, 0.3) is 33.9 Å². The Bertz CT molecular complexity index is 1380. The Balaban J connectivity index is 1.80. The van der Waals surface area contributed by atoms with Crippen LogP contribution in [0.2, 0.25) is 0 Å². The minimum atomic E-state index is -4.87. The lowest BCUT2D eigenvalue weighted by Crippen LogP contribution is -2.17. The summed E-state index contributed by atoms with van der Waals surface area (Å²) in [7, 11) is 0. The molecule has 0 aliphatic carbocycles. The lowest BCUT2D eigenvalue weighted by molar-refractivity contribution is -0.275. The lowest BCUT2D eigenvalue weighted by atomic mass is 10.0. The van der Waals surface area contributed by atoms with Crippen molar-refractivity contribution in [1.82, 2.24) is 19.9 Å². The number of hydrogen-bond donors (Lipinski definition) is 2. The summed E-state index contributed by atoms with van der Waals surface area (Å²) in [4.78, 5) is 16.7. The van der Waals surface area contributed by atoms with Gasteiger partial charge in [-0.25, -0.2) is 19.9 Å². The predicted octanol–water partition coefficient (Wildman–Crippen LogP) is 5.23. The third-order valence-corrected chi connectivity index (χ3v) is 4.59. The van der Waals surface area contributed by atoms with Crippen molar-refractivity contribution in [1.29, 1.82) is 0 Å². The van der Waals surface area contributed by atoms with Gasteiger partial charge in [-0.1, -0.05) is 12.1 Å². The van der Waals surface area contributed by atoms with Crippen molar-refractivity contribution < 1.29 is 35.8 Å². The predicted molar refractivity (Wildman–Crippen MR) is 116 cm³/mol. The van der Waals surface area contributed by atoms with E-state index in [2.05, 4.69) is 29.4 Å². The van der Waals surface area contributed by atoms with E-state index >= 15 is 0 Å². The lowest BCUT2D eigenvalue weighted by Gasteiger charge is -2.15. The van der Waals surface area contributed by atoms with E-state index in [1.54, 1.807) is 0 Å². The number of benzene rings is 2. The van der Waals surface area contributed by atoms with E-state index in [0.717, 1.165) is 24.3 Å². The first-order valence-electron chi connectivity index (χ1n) is 9.86. The molecular weight excluding hydrogens is 494 g/mol. The van der Waals surface area contributed by atoms with Crippen LogP contribution in [-0.2, 0) is 0 Å². The van der Waals surface area contributed by atoms with Gasteiger partial charge in [0.25, 0.3) is 0 Å². The highest BCUT2D eigenvalue weighted by Gasteiger charge is 2.32. The maximum Gasteiger partial charge on any atom is 0.573 e. The smallest absolute Gasteiger partial charge is 0.406 e. The van der Waals surface area contributed by atoms with E-state index in [1.807, 2.05) is 0 Å². The summed E-state index contributed by atoms with van der Waals surface area (Å²) in [5.74, 6) is -0.823. The van der Waals surface area contributed by atoms with Crippen LogP contribution in [0.3, 0.4) is 0 Å². The highest BCUT2D eigenvalue weighted by molar-refractivity contribution is 5.88. The first kappa shape index (κ1) is 24.5. The average Bonchev–Trinajstić information content (AvgIpc) is 2.78. The molecule has 8 nitrogen and oxygen atoms in total. The molecule has 4 N–H and O–H groups in total. The van der Waals surface area contributed by atoms with Gasteiger partial charge < -0.3 is 20.9 Å². The third-order valence-electron chi connectivity index (χ3n) is 4.59. The van der Waals surface area contributed by atoms with Crippen LogP contribution >= 0.6 is 0 Å². The fourth-order valence-corrected chi connectivity index (χ4v) is 3.21. The second-order valence-electron chi connectivity index (χ2n) is 7.13. The van der Waals surface area contributed by atoms with E-state index < -0.39 is 24.2 Å². The first-order valence-corrected chi connectivity index (χ1v) is 9.86. The Morgan fingerprint density at radius 3 is 1.69 bits per heavy atom. The van der Waals surface area contributed by atoms with Crippen molar-refractivity contribution >= 4 is 11.6 Å². The molecule has 36 heavy (non-hydrogen) atoms. The zero-order valence-electron chi connectivity index (χ0n) is 17.8. The normalized spacial score (nSPS) is 11.8. The summed E-state index contributed by atoms with van der Waals surface area (Å²) >= 11 is 0. The molecule has 0 aliphatic heterocycles. The number of alkyl halides is 6. The summed E-state index contributed by atoms with van der Waals surface area (Å²) < 4.78 is 82.6. The number of halogens is 6. The van der Waals surface area contributed by atoms with E-state index in [0.29, 0.717) is 11.1 Å². The van der Waals surface area contributed by atoms with Gasteiger partial charge in [0.15, 0.2) is 5.82 Å². The van der Waals surface area contributed by atoms with Crippen LogP contribution < -0.4 is 20.9 Å². The largest absolute Gasteiger partial charge is 0.573 e. The molecule has 0 unspecified atom stereocenters. The topological polar surface area (TPSA) is 122 Å².